The Balaban J connectivity index is 2.47. The molecule has 1 aromatic rings. The van der Waals surface area contributed by atoms with Crippen molar-refractivity contribution in [1.29, 1.82) is 0 Å². The Hall–Kier alpha value is -1.08. The predicted octanol–water partition coefficient (Wildman–Crippen LogP) is 1.70. The largest absolute Gasteiger partial charge is 0.309 e. The SMILES string of the molecule is NC1(S)C=CC(c2ccccc2)C=C1S(=O)(=O)O. The summed E-state index contributed by atoms with van der Waals surface area (Å²) >= 11 is 4.04. The Morgan fingerprint density at radius 2 is 1.89 bits per heavy atom. The van der Waals surface area contributed by atoms with Gasteiger partial charge in [0, 0.05) is 5.92 Å². The van der Waals surface area contributed by atoms with E-state index in [1.54, 1.807) is 6.08 Å². The van der Waals surface area contributed by atoms with Crippen molar-refractivity contribution in [2.75, 3.05) is 0 Å². The van der Waals surface area contributed by atoms with Crippen molar-refractivity contribution in [1.82, 2.24) is 0 Å². The van der Waals surface area contributed by atoms with E-state index in [-0.39, 0.29) is 10.8 Å². The summed E-state index contributed by atoms with van der Waals surface area (Å²) in [6.07, 6.45) is 4.64. The van der Waals surface area contributed by atoms with Crippen LogP contribution >= 0.6 is 12.6 Å². The van der Waals surface area contributed by atoms with E-state index in [0.717, 1.165) is 5.56 Å². The minimum Gasteiger partial charge on any atom is -0.309 e. The molecule has 0 radical (unpaired) electrons. The summed E-state index contributed by atoms with van der Waals surface area (Å²) in [6.45, 7) is 0. The first-order valence-electron chi connectivity index (χ1n) is 5.26. The van der Waals surface area contributed by atoms with Gasteiger partial charge in [0.2, 0.25) is 0 Å². The maximum absolute atomic E-state index is 11.3. The maximum Gasteiger partial charge on any atom is 0.293 e. The highest BCUT2D eigenvalue weighted by Gasteiger charge is 2.35. The highest BCUT2D eigenvalue weighted by Crippen LogP contribution is 2.34. The molecule has 0 fully saturated rings. The number of nitrogens with two attached hydrogens (primary N) is 1. The van der Waals surface area contributed by atoms with Crippen molar-refractivity contribution in [2.24, 2.45) is 5.73 Å². The predicted molar refractivity (Wildman–Crippen MR) is 73.9 cm³/mol. The molecule has 0 saturated heterocycles. The van der Waals surface area contributed by atoms with E-state index in [0.29, 0.717) is 0 Å². The summed E-state index contributed by atoms with van der Waals surface area (Å²) < 4.78 is 31.8. The van der Waals surface area contributed by atoms with Crippen LogP contribution in [0.1, 0.15) is 11.5 Å². The number of benzene rings is 1. The van der Waals surface area contributed by atoms with Crippen LogP contribution in [0.3, 0.4) is 0 Å². The molecule has 0 heterocycles. The summed E-state index contributed by atoms with van der Waals surface area (Å²) in [5.74, 6) is -0.244. The third-order valence-electron chi connectivity index (χ3n) is 2.75. The summed E-state index contributed by atoms with van der Waals surface area (Å²) in [7, 11) is -4.37. The average molecular weight is 283 g/mol. The maximum atomic E-state index is 11.3. The number of rotatable bonds is 2. The minimum atomic E-state index is -4.37. The lowest BCUT2D eigenvalue weighted by Gasteiger charge is -2.27. The van der Waals surface area contributed by atoms with E-state index in [9.17, 15) is 13.0 Å². The zero-order valence-corrected chi connectivity index (χ0v) is 11.1. The van der Waals surface area contributed by atoms with Gasteiger partial charge in [0.25, 0.3) is 10.1 Å². The lowest BCUT2D eigenvalue weighted by Crippen LogP contribution is -2.38. The van der Waals surface area contributed by atoms with Gasteiger partial charge in [-0.2, -0.15) is 8.42 Å². The van der Waals surface area contributed by atoms with Crippen LogP contribution in [-0.4, -0.2) is 17.8 Å². The molecule has 2 atom stereocenters. The molecule has 96 valence electrons. The molecule has 6 heteroatoms. The number of thiol groups is 1. The summed E-state index contributed by atoms with van der Waals surface area (Å²) in [4.78, 5) is -1.77. The number of allylic oxidation sites excluding steroid dienone is 2. The van der Waals surface area contributed by atoms with Crippen molar-refractivity contribution in [2.45, 2.75) is 10.8 Å². The molecule has 1 aliphatic rings. The first-order chi connectivity index (χ1) is 8.31. The van der Waals surface area contributed by atoms with E-state index in [4.69, 9.17) is 5.73 Å². The molecular formula is C12H13NO3S2. The van der Waals surface area contributed by atoms with E-state index in [1.165, 1.54) is 12.2 Å². The molecule has 0 amide bonds. The van der Waals surface area contributed by atoms with Gasteiger partial charge in [0.15, 0.2) is 0 Å². The van der Waals surface area contributed by atoms with Crippen LogP contribution in [0.25, 0.3) is 0 Å². The summed E-state index contributed by atoms with van der Waals surface area (Å²) in [5.41, 5.74) is 6.63. The molecule has 1 aliphatic carbocycles. The molecule has 2 rings (SSSR count). The molecule has 0 aliphatic heterocycles. The molecule has 0 spiro atoms. The first-order valence-corrected chi connectivity index (χ1v) is 7.15. The fourth-order valence-corrected chi connectivity index (χ4v) is 3.17. The third kappa shape index (κ3) is 2.67. The first kappa shape index (κ1) is 13.4. The van der Waals surface area contributed by atoms with E-state index >= 15 is 0 Å². The Bertz CT molecular complexity index is 603. The second-order valence-electron chi connectivity index (χ2n) is 4.13. The van der Waals surface area contributed by atoms with E-state index < -0.39 is 15.0 Å². The van der Waals surface area contributed by atoms with Gasteiger partial charge in [-0.15, -0.1) is 12.6 Å². The van der Waals surface area contributed by atoms with Crippen molar-refractivity contribution < 1.29 is 13.0 Å². The quantitative estimate of drug-likeness (QED) is 0.334. The molecule has 1 aromatic carbocycles. The van der Waals surface area contributed by atoms with Gasteiger partial charge >= 0.3 is 0 Å². The zero-order valence-electron chi connectivity index (χ0n) is 9.39. The highest BCUT2D eigenvalue weighted by atomic mass is 32.2. The van der Waals surface area contributed by atoms with E-state index in [1.807, 2.05) is 30.3 Å². The van der Waals surface area contributed by atoms with Crippen LogP contribution in [0, 0.1) is 0 Å². The Kier molecular flexibility index (Phi) is 3.37. The highest BCUT2D eigenvalue weighted by molar-refractivity contribution is 7.92. The lowest BCUT2D eigenvalue weighted by molar-refractivity contribution is 0.487. The van der Waals surface area contributed by atoms with Gasteiger partial charge < -0.3 is 5.73 Å². The fraction of sp³-hybridized carbons (Fsp3) is 0.167. The second-order valence-corrected chi connectivity index (χ2v) is 6.26. The van der Waals surface area contributed by atoms with Gasteiger partial charge in [0.1, 0.15) is 9.78 Å². The zero-order chi connectivity index (χ0) is 13.4. The van der Waals surface area contributed by atoms with Crippen LogP contribution in [0.15, 0.2) is 53.5 Å². The van der Waals surface area contributed by atoms with Crippen LogP contribution in [-0.2, 0) is 10.1 Å². The normalized spacial score (nSPS) is 27.9. The van der Waals surface area contributed by atoms with Gasteiger partial charge in [-0.05, 0) is 5.56 Å². The monoisotopic (exact) mass is 283 g/mol. The number of hydrogen-bond acceptors (Lipinski definition) is 4. The van der Waals surface area contributed by atoms with E-state index in [2.05, 4.69) is 12.6 Å². The average Bonchev–Trinajstić information content (AvgIpc) is 2.28. The summed E-state index contributed by atoms with van der Waals surface area (Å²) in [6, 6.07) is 9.32. The van der Waals surface area contributed by atoms with Crippen molar-refractivity contribution in [3.05, 3.63) is 59.0 Å². The van der Waals surface area contributed by atoms with Gasteiger partial charge in [0.05, 0.1) is 0 Å². The Morgan fingerprint density at radius 3 is 2.44 bits per heavy atom. The fourth-order valence-electron chi connectivity index (χ4n) is 1.86. The number of hydrogen-bond donors (Lipinski definition) is 3. The van der Waals surface area contributed by atoms with Crippen LogP contribution in [0.4, 0.5) is 0 Å². The van der Waals surface area contributed by atoms with Gasteiger partial charge in [-0.3, -0.25) is 4.55 Å². The third-order valence-corrected chi connectivity index (χ3v) is 4.32. The Labute approximate surface area is 111 Å². The van der Waals surface area contributed by atoms with Gasteiger partial charge in [-0.1, -0.05) is 48.6 Å². The minimum absolute atomic E-state index is 0.244. The standard InChI is InChI=1S/C12H13NO3S2/c13-12(17)7-6-10(8-11(12)18(14,15)16)9-4-2-1-3-5-9/h1-8,10,17H,13H2,(H,14,15,16). The molecule has 4 nitrogen and oxygen atoms in total. The molecule has 2 unspecified atom stereocenters. The van der Waals surface area contributed by atoms with Crippen LogP contribution in [0.5, 0.6) is 0 Å². The Morgan fingerprint density at radius 1 is 1.28 bits per heavy atom. The van der Waals surface area contributed by atoms with Crippen LogP contribution in [0.2, 0.25) is 0 Å². The molecule has 0 saturated carbocycles. The van der Waals surface area contributed by atoms with Crippen molar-refractivity contribution in [3.63, 3.8) is 0 Å². The lowest BCUT2D eigenvalue weighted by atomic mass is 9.93. The van der Waals surface area contributed by atoms with Gasteiger partial charge in [-0.25, -0.2) is 0 Å². The topological polar surface area (TPSA) is 80.4 Å². The molecule has 0 bridgehead atoms. The molecule has 3 N–H and O–H groups in total. The second kappa shape index (κ2) is 4.55. The van der Waals surface area contributed by atoms with Crippen LogP contribution < -0.4 is 5.73 Å². The molecular weight excluding hydrogens is 270 g/mol. The molecule has 0 aromatic heterocycles. The van der Waals surface area contributed by atoms with Crippen molar-refractivity contribution >= 4 is 22.7 Å². The van der Waals surface area contributed by atoms with Crippen molar-refractivity contribution in [3.8, 4) is 0 Å². The summed E-state index contributed by atoms with van der Waals surface area (Å²) in [5, 5.41) is 0. The smallest absolute Gasteiger partial charge is 0.293 e. The molecule has 18 heavy (non-hydrogen) atoms.